The standard InChI is InChI=1S/C15H15N5S/c1-2-16-7-11-8-17-15(18-9-11)21-14-12-5-3-4-6-13(12)19-10-20-14/h3-6,8-10,16H,2,7H2,1H3. The molecular formula is C15H15N5S. The minimum absolute atomic E-state index is 0.694. The maximum Gasteiger partial charge on any atom is 0.193 e. The number of benzene rings is 1. The molecule has 5 nitrogen and oxygen atoms in total. The van der Waals surface area contributed by atoms with Crippen LogP contribution in [-0.4, -0.2) is 26.5 Å². The molecular weight excluding hydrogens is 282 g/mol. The number of hydrogen-bond donors (Lipinski definition) is 1. The lowest BCUT2D eigenvalue weighted by Gasteiger charge is -2.04. The molecule has 0 fully saturated rings. The normalized spacial score (nSPS) is 10.9. The van der Waals surface area contributed by atoms with Crippen LogP contribution in [0.5, 0.6) is 0 Å². The van der Waals surface area contributed by atoms with Gasteiger partial charge in [-0.15, -0.1) is 0 Å². The third-order valence-electron chi connectivity index (χ3n) is 2.95. The third kappa shape index (κ3) is 3.34. The maximum atomic E-state index is 4.39. The fourth-order valence-corrected chi connectivity index (χ4v) is 2.67. The van der Waals surface area contributed by atoms with Crippen LogP contribution in [0.2, 0.25) is 0 Å². The van der Waals surface area contributed by atoms with Crippen LogP contribution in [0.4, 0.5) is 0 Å². The largest absolute Gasteiger partial charge is 0.313 e. The van der Waals surface area contributed by atoms with Gasteiger partial charge in [0.1, 0.15) is 11.4 Å². The molecule has 0 amide bonds. The molecule has 2 aromatic heterocycles. The Bertz CT molecular complexity index is 724. The number of fused-ring (bicyclic) bond motifs is 1. The summed E-state index contributed by atoms with van der Waals surface area (Å²) in [5.41, 5.74) is 2.01. The molecule has 0 saturated heterocycles. The van der Waals surface area contributed by atoms with Gasteiger partial charge in [0.15, 0.2) is 5.16 Å². The monoisotopic (exact) mass is 297 g/mol. The number of nitrogens with zero attached hydrogens (tertiary/aromatic N) is 4. The summed E-state index contributed by atoms with van der Waals surface area (Å²) in [6.45, 7) is 3.80. The van der Waals surface area contributed by atoms with Crippen LogP contribution in [-0.2, 0) is 6.54 Å². The Labute approximate surface area is 127 Å². The van der Waals surface area contributed by atoms with Crippen molar-refractivity contribution in [3.63, 3.8) is 0 Å². The first-order valence-electron chi connectivity index (χ1n) is 6.76. The van der Waals surface area contributed by atoms with Crippen LogP contribution in [0, 0.1) is 0 Å². The molecule has 0 unspecified atom stereocenters. The van der Waals surface area contributed by atoms with Crippen molar-refractivity contribution in [3.05, 3.63) is 48.5 Å². The fraction of sp³-hybridized carbons (Fsp3) is 0.200. The first-order valence-corrected chi connectivity index (χ1v) is 7.57. The van der Waals surface area contributed by atoms with Gasteiger partial charge >= 0.3 is 0 Å². The van der Waals surface area contributed by atoms with Crippen molar-refractivity contribution >= 4 is 22.7 Å². The number of rotatable bonds is 5. The lowest BCUT2D eigenvalue weighted by atomic mass is 10.2. The van der Waals surface area contributed by atoms with Crippen molar-refractivity contribution in [1.29, 1.82) is 0 Å². The Morgan fingerprint density at radius 3 is 2.67 bits per heavy atom. The summed E-state index contributed by atoms with van der Waals surface area (Å²) in [4.78, 5) is 17.4. The van der Waals surface area contributed by atoms with E-state index in [1.807, 2.05) is 36.7 Å². The molecule has 0 aliphatic carbocycles. The highest BCUT2D eigenvalue weighted by atomic mass is 32.2. The lowest BCUT2D eigenvalue weighted by Crippen LogP contribution is -2.12. The first-order chi connectivity index (χ1) is 10.4. The van der Waals surface area contributed by atoms with E-state index >= 15 is 0 Å². The highest BCUT2D eigenvalue weighted by Gasteiger charge is 2.07. The summed E-state index contributed by atoms with van der Waals surface area (Å²) in [5, 5.41) is 5.84. The van der Waals surface area contributed by atoms with Crippen molar-refractivity contribution in [2.24, 2.45) is 0 Å². The van der Waals surface area contributed by atoms with Gasteiger partial charge in [0.05, 0.1) is 5.52 Å². The van der Waals surface area contributed by atoms with E-state index in [9.17, 15) is 0 Å². The van der Waals surface area contributed by atoms with Gasteiger partial charge in [-0.25, -0.2) is 19.9 Å². The van der Waals surface area contributed by atoms with E-state index in [2.05, 4.69) is 32.2 Å². The van der Waals surface area contributed by atoms with E-state index in [1.165, 1.54) is 11.8 Å². The average Bonchev–Trinajstić information content (AvgIpc) is 2.55. The van der Waals surface area contributed by atoms with Gasteiger partial charge in [-0.2, -0.15) is 0 Å². The summed E-state index contributed by atoms with van der Waals surface area (Å²) in [6.07, 6.45) is 5.27. The van der Waals surface area contributed by atoms with Crippen LogP contribution < -0.4 is 5.32 Å². The third-order valence-corrected chi connectivity index (χ3v) is 3.87. The number of aromatic nitrogens is 4. The Morgan fingerprint density at radius 1 is 1.05 bits per heavy atom. The molecule has 0 saturated carbocycles. The van der Waals surface area contributed by atoms with Crippen molar-refractivity contribution in [1.82, 2.24) is 25.3 Å². The Kier molecular flexibility index (Phi) is 4.37. The van der Waals surface area contributed by atoms with Gasteiger partial charge in [-0.1, -0.05) is 25.1 Å². The quantitative estimate of drug-likeness (QED) is 0.577. The number of nitrogens with one attached hydrogen (secondary N) is 1. The number of hydrogen-bond acceptors (Lipinski definition) is 6. The van der Waals surface area contributed by atoms with E-state index in [1.54, 1.807) is 6.33 Å². The topological polar surface area (TPSA) is 63.6 Å². The SMILES string of the molecule is CCNCc1cnc(Sc2ncnc3ccccc23)nc1. The summed E-state index contributed by atoms with van der Waals surface area (Å²) >= 11 is 1.46. The molecule has 21 heavy (non-hydrogen) atoms. The van der Waals surface area contributed by atoms with Crippen LogP contribution in [0.1, 0.15) is 12.5 Å². The predicted molar refractivity (Wildman–Crippen MR) is 83.1 cm³/mol. The highest BCUT2D eigenvalue weighted by molar-refractivity contribution is 7.99. The second kappa shape index (κ2) is 6.60. The minimum atomic E-state index is 0.694. The van der Waals surface area contributed by atoms with Gasteiger partial charge < -0.3 is 5.32 Å². The molecule has 0 spiro atoms. The Hall–Kier alpha value is -2.05. The minimum Gasteiger partial charge on any atom is -0.313 e. The molecule has 3 aromatic rings. The van der Waals surface area contributed by atoms with Crippen molar-refractivity contribution in [3.8, 4) is 0 Å². The van der Waals surface area contributed by atoms with E-state index in [0.29, 0.717) is 5.16 Å². The maximum absolute atomic E-state index is 4.39. The average molecular weight is 297 g/mol. The summed E-state index contributed by atoms with van der Waals surface area (Å²) < 4.78 is 0. The van der Waals surface area contributed by atoms with E-state index in [0.717, 1.165) is 34.6 Å². The molecule has 3 rings (SSSR count). The first kappa shape index (κ1) is 13.9. The zero-order chi connectivity index (χ0) is 14.5. The molecule has 1 aromatic carbocycles. The lowest BCUT2D eigenvalue weighted by molar-refractivity contribution is 0.716. The van der Waals surface area contributed by atoms with Crippen LogP contribution in [0.15, 0.2) is 53.2 Å². The second-order valence-corrected chi connectivity index (χ2v) is 5.41. The van der Waals surface area contributed by atoms with Crippen LogP contribution in [0.3, 0.4) is 0 Å². The molecule has 0 aliphatic rings. The summed E-state index contributed by atoms with van der Waals surface area (Å²) in [5.74, 6) is 0. The molecule has 106 valence electrons. The Balaban J connectivity index is 1.82. The molecule has 6 heteroatoms. The fourth-order valence-electron chi connectivity index (χ4n) is 1.90. The summed E-state index contributed by atoms with van der Waals surface area (Å²) in [6, 6.07) is 7.94. The predicted octanol–water partition coefficient (Wildman–Crippen LogP) is 2.68. The van der Waals surface area contributed by atoms with Gasteiger partial charge in [0, 0.05) is 29.9 Å². The van der Waals surface area contributed by atoms with Gasteiger partial charge in [-0.05, 0) is 24.4 Å². The van der Waals surface area contributed by atoms with E-state index in [-0.39, 0.29) is 0 Å². The molecule has 2 heterocycles. The van der Waals surface area contributed by atoms with Crippen molar-refractivity contribution in [2.75, 3.05) is 6.54 Å². The number of para-hydroxylation sites is 1. The van der Waals surface area contributed by atoms with Crippen molar-refractivity contribution < 1.29 is 0 Å². The molecule has 0 bridgehead atoms. The van der Waals surface area contributed by atoms with Crippen LogP contribution >= 0.6 is 11.8 Å². The Morgan fingerprint density at radius 2 is 1.86 bits per heavy atom. The van der Waals surface area contributed by atoms with Crippen LogP contribution in [0.25, 0.3) is 10.9 Å². The second-order valence-electron chi connectivity index (χ2n) is 4.45. The zero-order valence-corrected chi connectivity index (χ0v) is 12.5. The van der Waals surface area contributed by atoms with E-state index in [4.69, 9.17) is 0 Å². The van der Waals surface area contributed by atoms with E-state index < -0.39 is 0 Å². The van der Waals surface area contributed by atoms with Gasteiger partial charge in [-0.3, -0.25) is 0 Å². The highest BCUT2D eigenvalue weighted by Crippen LogP contribution is 2.28. The molecule has 0 atom stereocenters. The zero-order valence-electron chi connectivity index (χ0n) is 11.7. The molecule has 1 N–H and O–H groups in total. The van der Waals surface area contributed by atoms with Crippen molar-refractivity contribution in [2.45, 2.75) is 23.7 Å². The smallest absolute Gasteiger partial charge is 0.193 e. The molecule has 0 radical (unpaired) electrons. The van der Waals surface area contributed by atoms with Gasteiger partial charge in [0.2, 0.25) is 0 Å². The molecule has 0 aliphatic heterocycles. The van der Waals surface area contributed by atoms with Gasteiger partial charge in [0.25, 0.3) is 0 Å². The summed E-state index contributed by atoms with van der Waals surface area (Å²) in [7, 11) is 0.